The van der Waals surface area contributed by atoms with E-state index in [1.807, 2.05) is 4.68 Å². The maximum atomic E-state index is 5.92. The average Bonchev–Trinajstić information content (AvgIpc) is 3.15. The number of aryl methyl sites for hydroxylation is 1. The predicted molar refractivity (Wildman–Crippen MR) is 73.3 cm³/mol. The first-order valence-corrected chi connectivity index (χ1v) is 7.46. The third-order valence-corrected chi connectivity index (χ3v) is 4.28. The van der Waals surface area contributed by atoms with Crippen molar-refractivity contribution in [3.63, 3.8) is 0 Å². The van der Waals surface area contributed by atoms with Crippen molar-refractivity contribution < 1.29 is 4.74 Å². The Hall–Kier alpha value is -1.80. The molecule has 0 amide bonds. The van der Waals surface area contributed by atoms with Crippen LogP contribution in [-0.4, -0.2) is 54.3 Å². The summed E-state index contributed by atoms with van der Waals surface area (Å²) in [4.78, 5) is 6.86. The van der Waals surface area contributed by atoms with Gasteiger partial charge < -0.3 is 4.74 Å². The van der Waals surface area contributed by atoms with E-state index in [4.69, 9.17) is 4.74 Å². The molecule has 1 N–H and O–H groups in total. The Morgan fingerprint density at radius 1 is 1.48 bits per heavy atom. The van der Waals surface area contributed by atoms with Gasteiger partial charge >= 0.3 is 0 Å². The molecule has 0 aromatic carbocycles. The van der Waals surface area contributed by atoms with Crippen LogP contribution >= 0.6 is 0 Å². The molecule has 112 valence electrons. The van der Waals surface area contributed by atoms with Gasteiger partial charge in [-0.2, -0.15) is 5.10 Å². The molecule has 0 radical (unpaired) electrons. The van der Waals surface area contributed by atoms with Crippen LogP contribution in [0.3, 0.4) is 0 Å². The summed E-state index contributed by atoms with van der Waals surface area (Å²) in [5.74, 6) is 1.81. The van der Waals surface area contributed by atoms with E-state index in [1.54, 1.807) is 6.20 Å². The molecule has 2 aromatic heterocycles. The number of piperidine rings is 1. The van der Waals surface area contributed by atoms with Crippen molar-refractivity contribution in [1.29, 1.82) is 0 Å². The average molecular weight is 289 g/mol. The molecule has 0 saturated carbocycles. The molecule has 2 unspecified atom stereocenters. The van der Waals surface area contributed by atoms with Gasteiger partial charge in [0.05, 0.1) is 37.2 Å². The van der Waals surface area contributed by atoms with Gasteiger partial charge in [0.25, 0.3) is 0 Å². The molecule has 4 rings (SSSR count). The van der Waals surface area contributed by atoms with Crippen LogP contribution in [0.1, 0.15) is 36.7 Å². The first kappa shape index (κ1) is 12.9. The Kier molecular flexibility index (Phi) is 3.19. The lowest BCUT2D eigenvalue weighted by Gasteiger charge is -2.40. The van der Waals surface area contributed by atoms with Gasteiger partial charge in [-0.25, -0.2) is 9.67 Å². The molecule has 8 nitrogen and oxygen atoms in total. The number of aromatic amines is 1. The van der Waals surface area contributed by atoms with Crippen LogP contribution in [0.5, 0.6) is 0 Å². The fourth-order valence-corrected chi connectivity index (χ4v) is 3.16. The van der Waals surface area contributed by atoms with Crippen molar-refractivity contribution in [2.24, 2.45) is 0 Å². The van der Waals surface area contributed by atoms with Crippen molar-refractivity contribution in [3.8, 4) is 0 Å². The summed E-state index contributed by atoms with van der Waals surface area (Å²) in [5.41, 5.74) is 1.06. The lowest BCUT2D eigenvalue weighted by Crippen LogP contribution is -2.47. The second-order valence-electron chi connectivity index (χ2n) is 5.66. The van der Waals surface area contributed by atoms with Crippen LogP contribution in [0, 0.1) is 0 Å². The molecular weight excluding hydrogens is 270 g/mol. The molecule has 0 spiro atoms. The number of fused-ring (bicyclic) bond motifs is 3. The zero-order chi connectivity index (χ0) is 14.2. The van der Waals surface area contributed by atoms with Crippen LogP contribution in [0.4, 0.5) is 0 Å². The molecule has 2 aliphatic rings. The summed E-state index contributed by atoms with van der Waals surface area (Å²) in [6, 6.07) is 0.249. The van der Waals surface area contributed by atoms with Gasteiger partial charge in [0.2, 0.25) is 0 Å². The number of likely N-dealkylation sites (tertiary alicyclic amines) is 1. The summed E-state index contributed by atoms with van der Waals surface area (Å²) in [5, 5.41) is 15.4. The zero-order valence-electron chi connectivity index (χ0n) is 12.1. The van der Waals surface area contributed by atoms with Crippen molar-refractivity contribution in [2.45, 2.75) is 45.1 Å². The van der Waals surface area contributed by atoms with E-state index in [1.165, 1.54) is 0 Å². The molecule has 8 heteroatoms. The third kappa shape index (κ3) is 2.34. The highest BCUT2D eigenvalue weighted by Crippen LogP contribution is 2.30. The predicted octanol–water partition coefficient (Wildman–Crippen LogP) is 0.304. The zero-order valence-corrected chi connectivity index (χ0v) is 12.1. The summed E-state index contributed by atoms with van der Waals surface area (Å²) in [7, 11) is 0. The number of nitrogens with zero attached hydrogens (tertiary/aromatic N) is 6. The van der Waals surface area contributed by atoms with E-state index in [0.717, 1.165) is 49.8 Å². The quantitative estimate of drug-likeness (QED) is 0.875. The van der Waals surface area contributed by atoms with E-state index in [-0.39, 0.29) is 12.1 Å². The monoisotopic (exact) mass is 289 g/mol. The maximum Gasteiger partial charge on any atom is 0.150 e. The molecule has 1 fully saturated rings. The Morgan fingerprint density at radius 3 is 3.29 bits per heavy atom. The Balaban J connectivity index is 1.48. The number of hydrogen-bond acceptors (Lipinski definition) is 6. The number of ether oxygens (including phenoxy) is 1. The Bertz CT molecular complexity index is 622. The SMILES string of the molecule is CCc1n[nH]c(CN2CCC3OCc4cnnn4C3C2)n1. The van der Waals surface area contributed by atoms with E-state index in [0.29, 0.717) is 6.61 Å². The lowest BCUT2D eigenvalue weighted by atomic mass is 10.0. The van der Waals surface area contributed by atoms with Crippen LogP contribution in [0.2, 0.25) is 0 Å². The van der Waals surface area contributed by atoms with E-state index >= 15 is 0 Å². The lowest BCUT2D eigenvalue weighted by molar-refractivity contribution is -0.0673. The van der Waals surface area contributed by atoms with Gasteiger partial charge in [-0.1, -0.05) is 12.1 Å². The molecule has 2 atom stereocenters. The summed E-state index contributed by atoms with van der Waals surface area (Å²) in [6.45, 7) is 5.39. The fraction of sp³-hybridized carbons (Fsp3) is 0.692. The second kappa shape index (κ2) is 5.19. The first-order chi connectivity index (χ1) is 10.3. The summed E-state index contributed by atoms with van der Waals surface area (Å²) < 4.78 is 7.95. The normalized spacial score (nSPS) is 25.6. The third-order valence-electron chi connectivity index (χ3n) is 4.28. The first-order valence-electron chi connectivity index (χ1n) is 7.46. The molecule has 0 aliphatic carbocycles. The number of nitrogens with one attached hydrogen (secondary N) is 1. The van der Waals surface area contributed by atoms with E-state index in [2.05, 4.69) is 37.3 Å². The molecule has 4 heterocycles. The number of hydrogen-bond donors (Lipinski definition) is 1. The second-order valence-corrected chi connectivity index (χ2v) is 5.66. The highest BCUT2D eigenvalue weighted by Gasteiger charge is 2.36. The van der Waals surface area contributed by atoms with Crippen molar-refractivity contribution in [3.05, 3.63) is 23.5 Å². The van der Waals surface area contributed by atoms with Gasteiger partial charge in [0.15, 0.2) is 0 Å². The summed E-state index contributed by atoms with van der Waals surface area (Å²) in [6.07, 6.45) is 3.91. The Morgan fingerprint density at radius 2 is 2.43 bits per heavy atom. The van der Waals surface area contributed by atoms with E-state index in [9.17, 15) is 0 Å². The van der Waals surface area contributed by atoms with Crippen LogP contribution in [0.15, 0.2) is 6.20 Å². The van der Waals surface area contributed by atoms with Crippen molar-refractivity contribution in [2.75, 3.05) is 13.1 Å². The molecule has 1 saturated heterocycles. The van der Waals surface area contributed by atoms with Crippen molar-refractivity contribution >= 4 is 0 Å². The molecule has 21 heavy (non-hydrogen) atoms. The van der Waals surface area contributed by atoms with E-state index < -0.39 is 0 Å². The minimum atomic E-state index is 0.247. The van der Waals surface area contributed by atoms with Gasteiger partial charge in [-0.05, 0) is 6.42 Å². The maximum absolute atomic E-state index is 5.92. The smallest absolute Gasteiger partial charge is 0.150 e. The van der Waals surface area contributed by atoms with Crippen LogP contribution in [0.25, 0.3) is 0 Å². The minimum absolute atomic E-state index is 0.247. The van der Waals surface area contributed by atoms with Gasteiger partial charge in [-0.3, -0.25) is 10.00 Å². The molecule has 2 aliphatic heterocycles. The topological polar surface area (TPSA) is 84.8 Å². The number of H-pyrrole nitrogens is 1. The van der Waals surface area contributed by atoms with Crippen LogP contribution in [-0.2, 0) is 24.3 Å². The minimum Gasteiger partial charge on any atom is -0.370 e. The highest BCUT2D eigenvalue weighted by atomic mass is 16.5. The van der Waals surface area contributed by atoms with Gasteiger partial charge in [0.1, 0.15) is 11.6 Å². The fourth-order valence-electron chi connectivity index (χ4n) is 3.16. The van der Waals surface area contributed by atoms with Crippen molar-refractivity contribution in [1.82, 2.24) is 35.1 Å². The molecule has 0 bridgehead atoms. The summed E-state index contributed by atoms with van der Waals surface area (Å²) >= 11 is 0. The number of rotatable bonds is 3. The standard InChI is InChI=1S/C13H19N7O/c1-2-12-15-13(17-16-12)7-19-4-3-11-10(6-19)20-9(8-21-11)5-14-18-20/h5,10-11H,2-4,6-8H2,1H3,(H,15,16,17). The van der Waals surface area contributed by atoms with Gasteiger partial charge in [-0.15, -0.1) is 5.10 Å². The number of aromatic nitrogens is 6. The largest absolute Gasteiger partial charge is 0.370 e. The van der Waals surface area contributed by atoms with Crippen LogP contribution < -0.4 is 0 Å². The Labute approximate surface area is 122 Å². The van der Waals surface area contributed by atoms with Gasteiger partial charge in [0, 0.05) is 19.5 Å². The molecular formula is C13H19N7O. The molecule has 2 aromatic rings. The highest BCUT2D eigenvalue weighted by molar-refractivity contribution is 5.01.